The molecule has 1 aliphatic rings. The van der Waals surface area contributed by atoms with Crippen LogP contribution in [0, 0.1) is 23.8 Å². The standard InChI is InChI=1S/C23H24ClN5O2/c1-15-11-17(24)6-9-21(15)31-19-7-4-16(5-8-19)22(26)20(13-30)23(27)28-18-3-2-10-29(12-18)14-25/h4-9,11,13,18,26,28H,2-3,10,12,27H2,1H3/b23-20-,26-22?. The van der Waals surface area contributed by atoms with Crippen molar-refractivity contribution in [2.75, 3.05) is 13.1 Å². The van der Waals surface area contributed by atoms with Gasteiger partial charge in [-0.15, -0.1) is 0 Å². The summed E-state index contributed by atoms with van der Waals surface area (Å²) in [5.74, 6) is 1.43. The van der Waals surface area contributed by atoms with Crippen LogP contribution in [-0.4, -0.2) is 36.0 Å². The number of benzene rings is 2. The van der Waals surface area contributed by atoms with Crippen LogP contribution < -0.4 is 15.8 Å². The molecule has 1 saturated heterocycles. The van der Waals surface area contributed by atoms with E-state index in [2.05, 4.69) is 11.5 Å². The van der Waals surface area contributed by atoms with E-state index in [1.165, 1.54) is 0 Å². The summed E-state index contributed by atoms with van der Waals surface area (Å²) in [5, 5.41) is 21.2. The molecule has 1 unspecified atom stereocenters. The molecule has 1 fully saturated rings. The van der Waals surface area contributed by atoms with E-state index in [0.29, 0.717) is 34.9 Å². The van der Waals surface area contributed by atoms with Gasteiger partial charge in [0.1, 0.15) is 17.3 Å². The summed E-state index contributed by atoms with van der Waals surface area (Å²) >= 11 is 5.98. The van der Waals surface area contributed by atoms with E-state index in [1.807, 2.05) is 13.0 Å². The van der Waals surface area contributed by atoms with E-state index >= 15 is 0 Å². The largest absolute Gasteiger partial charge is 0.457 e. The van der Waals surface area contributed by atoms with Gasteiger partial charge < -0.3 is 20.7 Å². The fourth-order valence-electron chi connectivity index (χ4n) is 3.44. The van der Waals surface area contributed by atoms with Gasteiger partial charge in [-0.3, -0.25) is 10.2 Å². The second-order valence-corrected chi connectivity index (χ2v) is 7.82. The minimum Gasteiger partial charge on any atom is -0.457 e. The number of ether oxygens (including phenoxy) is 1. The first-order valence-corrected chi connectivity index (χ1v) is 10.3. The Kier molecular flexibility index (Phi) is 7.16. The molecule has 1 heterocycles. The van der Waals surface area contributed by atoms with Gasteiger partial charge in [0.05, 0.1) is 11.3 Å². The van der Waals surface area contributed by atoms with Crippen molar-refractivity contribution in [2.45, 2.75) is 25.8 Å². The highest BCUT2D eigenvalue weighted by molar-refractivity contribution is 6.30. The Morgan fingerprint density at radius 1 is 1.35 bits per heavy atom. The Morgan fingerprint density at radius 3 is 2.74 bits per heavy atom. The van der Waals surface area contributed by atoms with Crippen molar-refractivity contribution in [2.24, 2.45) is 5.73 Å². The molecule has 160 valence electrons. The molecule has 1 atom stereocenters. The van der Waals surface area contributed by atoms with Gasteiger partial charge in [-0.25, -0.2) is 0 Å². The van der Waals surface area contributed by atoms with Crippen molar-refractivity contribution < 1.29 is 9.53 Å². The molecule has 0 amide bonds. The average Bonchev–Trinajstić information content (AvgIpc) is 2.76. The molecular weight excluding hydrogens is 414 g/mol. The van der Waals surface area contributed by atoms with Crippen LogP contribution in [0.3, 0.4) is 0 Å². The highest BCUT2D eigenvalue weighted by Crippen LogP contribution is 2.27. The van der Waals surface area contributed by atoms with E-state index in [-0.39, 0.29) is 23.1 Å². The summed E-state index contributed by atoms with van der Waals surface area (Å²) in [7, 11) is 0. The van der Waals surface area contributed by atoms with Gasteiger partial charge in [0.2, 0.25) is 0 Å². The number of nitrogens with two attached hydrogens (primary N) is 1. The number of nitriles is 1. The number of aryl methyl sites for hydroxylation is 1. The third-order valence-corrected chi connectivity index (χ3v) is 5.34. The molecule has 0 spiro atoms. The second-order valence-electron chi connectivity index (χ2n) is 7.39. The number of nitrogens with one attached hydrogen (secondary N) is 2. The van der Waals surface area contributed by atoms with E-state index in [1.54, 1.807) is 41.3 Å². The zero-order chi connectivity index (χ0) is 22.4. The van der Waals surface area contributed by atoms with Crippen LogP contribution in [0.15, 0.2) is 53.9 Å². The van der Waals surface area contributed by atoms with Gasteiger partial charge in [0.15, 0.2) is 12.5 Å². The Morgan fingerprint density at radius 2 is 2.10 bits per heavy atom. The number of allylic oxidation sites excluding steroid dienone is 1. The van der Waals surface area contributed by atoms with Crippen molar-refractivity contribution in [1.82, 2.24) is 10.2 Å². The summed E-state index contributed by atoms with van der Waals surface area (Å²) in [5.41, 5.74) is 7.65. The Balaban J connectivity index is 1.72. The maximum atomic E-state index is 11.7. The van der Waals surface area contributed by atoms with Crippen molar-refractivity contribution in [3.8, 4) is 17.7 Å². The molecule has 1 aliphatic heterocycles. The molecule has 0 saturated carbocycles. The summed E-state index contributed by atoms with van der Waals surface area (Å²) < 4.78 is 5.88. The monoisotopic (exact) mass is 437 g/mol. The molecule has 0 aliphatic carbocycles. The lowest BCUT2D eigenvalue weighted by atomic mass is 10.0. The van der Waals surface area contributed by atoms with Gasteiger partial charge >= 0.3 is 0 Å². The van der Waals surface area contributed by atoms with Gasteiger partial charge in [-0.05, 0) is 67.8 Å². The van der Waals surface area contributed by atoms with Crippen LogP contribution in [0.4, 0.5) is 0 Å². The SMILES string of the molecule is Cc1cc(Cl)ccc1Oc1ccc(C(=N)/C(C=O)=C(/N)NC2CCCN(C#N)C2)cc1. The summed E-state index contributed by atoms with van der Waals surface area (Å²) in [6.45, 7) is 3.15. The molecule has 7 nitrogen and oxygen atoms in total. The van der Waals surface area contributed by atoms with Gasteiger partial charge in [-0.2, -0.15) is 5.26 Å². The van der Waals surface area contributed by atoms with Crippen molar-refractivity contribution in [1.29, 1.82) is 10.7 Å². The quantitative estimate of drug-likeness (QED) is 0.263. The van der Waals surface area contributed by atoms with E-state index < -0.39 is 0 Å². The molecule has 0 bridgehead atoms. The van der Waals surface area contributed by atoms with Crippen LogP contribution in [0.5, 0.6) is 11.5 Å². The molecule has 3 rings (SSSR count). The first-order chi connectivity index (χ1) is 14.9. The van der Waals surface area contributed by atoms with Crippen molar-refractivity contribution in [3.63, 3.8) is 0 Å². The number of piperidine rings is 1. The maximum absolute atomic E-state index is 11.7. The zero-order valence-electron chi connectivity index (χ0n) is 17.2. The predicted octanol–water partition coefficient (Wildman–Crippen LogP) is 3.71. The topological polar surface area (TPSA) is 115 Å². The number of hydrogen-bond acceptors (Lipinski definition) is 7. The average molecular weight is 438 g/mol. The van der Waals surface area contributed by atoms with Gasteiger partial charge in [-0.1, -0.05) is 11.6 Å². The van der Waals surface area contributed by atoms with Crippen LogP contribution in [-0.2, 0) is 4.79 Å². The Labute approximate surface area is 186 Å². The highest BCUT2D eigenvalue weighted by Gasteiger charge is 2.21. The number of aldehydes is 1. The fourth-order valence-corrected chi connectivity index (χ4v) is 3.67. The number of rotatable bonds is 7. The normalized spacial score (nSPS) is 16.7. The van der Waals surface area contributed by atoms with Gasteiger partial charge in [0, 0.05) is 29.7 Å². The zero-order valence-corrected chi connectivity index (χ0v) is 17.9. The highest BCUT2D eigenvalue weighted by atomic mass is 35.5. The molecule has 31 heavy (non-hydrogen) atoms. The van der Waals surface area contributed by atoms with Crippen LogP contribution in [0.1, 0.15) is 24.0 Å². The number of nitrogens with zero attached hydrogens (tertiary/aromatic N) is 2. The lowest BCUT2D eigenvalue weighted by molar-refractivity contribution is -0.104. The first-order valence-electron chi connectivity index (χ1n) is 9.90. The first kappa shape index (κ1) is 22.2. The molecule has 0 aromatic heterocycles. The summed E-state index contributed by atoms with van der Waals surface area (Å²) in [6, 6.07) is 12.2. The van der Waals surface area contributed by atoms with Crippen LogP contribution in [0.2, 0.25) is 5.02 Å². The maximum Gasteiger partial charge on any atom is 0.179 e. The second kappa shape index (κ2) is 10.0. The Bertz CT molecular complexity index is 1040. The summed E-state index contributed by atoms with van der Waals surface area (Å²) in [4.78, 5) is 13.3. The number of carbonyl (C=O) groups is 1. The molecule has 0 radical (unpaired) electrons. The number of carbonyl (C=O) groups excluding carboxylic acids is 1. The smallest absolute Gasteiger partial charge is 0.179 e. The minimum absolute atomic E-state index is 0.0159. The summed E-state index contributed by atoms with van der Waals surface area (Å²) in [6.07, 6.45) is 4.42. The van der Waals surface area contributed by atoms with Crippen LogP contribution in [0.25, 0.3) is 0 Å². The van der Waals surface area contributed by atoms with E-state index in [9.17, 15) is 4.79 Å². The van der Waals surface area contributed by atoms with Crippen molar-refractivity contribution >= 4 is 23.6 Å². The predicted molar refractivity (Wildman–Crippen MR) is 120 cm³/mol. The molecule has 2 aromatic rings. The third kappa shape index (κ3) is 5.56. The van der Waals surface area contributed by atoms with Crippen LogP contribution >= 0.6 is 11.6 Å². The minimum atomic E-state index is -0.0467. The van der Waals surface area contributed by atoms with E-state index in [4.69, 9.17) is 32.7 Å². The molecule has 2 aromatic carbocycles. The molecule has 4 N–H and O–H groups in total. The number of hydrogen-bond donors (Lipinski definition) is 3. The van der Waals surface area contributed by atoms with Crippen molar-refractivity contribution in [3.05, 3.63) is 70.0 Å². The fraction of sp³-hybridized carbons (Fsp3) is 0.261. The number of likely N-dealkylation sites (tertiary alicyclic amines) is 1. The lowest BCUT2D eigenvalue weighted by Crippen LogP contribution is -2.45. The lowest BCUT2D eigenvalue weighted by Gasteiger charge is -2.30. The molecular formula is C23H24ClN5O2. The van der Waals surface area contributed by atoms with Gasteiger partial charge in [0.25, 0.3) is 0 Å². The number of halogens is 1. The third-order valence-electron chi connectivity index (χ3n) is 5.11. The van der Waals surface area contributed by atoms with E-state index in [0.717, 1.165) is 24.9 Å². The molecule has 8 heteroatoms. The Hall–Kier alpha value is -3.50.